The fraction of sp³-hybridized carbons (Fsp3) is 0.667. The molecule has 0 aliphatic carbocycles. The van der Waals surface area contributed by atoms with Gasteiger partial charge in [0.2, 0.25) is 0 Å². The molecule has 1 rings (SSSR count). The van der Waals surface area contributed by atoms with E-state index in [0.717, 1.165) is 4.90 Å². The third-order valence-corrected chi connectivity index (χ3v) is 2.35. The molecule has 0 aromatic heterocycles. The number of carbonyl (C=O) groups is 3. The number of rotatable bonds is 3. The van der Waals surface area contributed by atoms with E-state index in [-0.39, 0.29) is 25.4 Å². The molecule has 0 aromatic carbocycles. The Bertz CT molecular complexity index is 306. The fourth-order valence-electron chi connectivity index (χ4n) is 1.44. The van der Waals surface area contributed by atoms with Crippen molar-refractivity contribution in [3.8, 4) is 0 Å². The molecule has 0 radical (unpaired) electrons. The van der Waals surface area contributed by atoms with Crippen LogP contribution in [0.25, 0.3) is 0 Å². The van der Waals surface area contributed by atoms with Gasteiger partial charge in [-0.25, -0.2) is 9.59 Å². The van der Waals surface area contributed by atoms with Gasteiger partial charge in [0.15, 0.2) is 5.78 Å². The van der Waals surface area contributed by atoms with E-state index in [1.807, 2.05) is 0 Å². The molecule has 0 unspecified atom stereocenters. The molecular formula is C9H13NO5S. The van der Waals surface area contributed by atoms with Gasteiger partial charge in [-0.3, -0.25) is 9.69 Å². The lowest BCUT2D eigenvalue weighted by Gasteiger charge is -2.20. The highest BCUT2D eigenvalue weighted by Crippen LogP contribution is 2.16. The third kappa shape index (κ3) is 2.88. The molecule has 6 nitrogen and oxygen atoms in total. The third-order valence-electron chi connectivity index (χ3n) is 2.17. The number of Topliss-reactive ketones (excluding diaryl/α,β-unsaturated/α-hetero) is 1. The van der Waals surface area contributed by atoms with Crippen molar-refractivity contribution in [2.75, 3.05) is 26.0 Å². The van der Waals surface area contributed by atoms with Gasteiger partial charge in [0, 0.05) is 12.2 Å². The summed E-state index contributed by atoms with van der Waals surface area (Å²) < 4.78 is 9.31. The highest BCUT2D eigenvalue weighted by molar-refractivity contribution is 7.80. The molecule has 0 bridgehead atoms. The van der Waals surface area contributed by atoms with Crippen LogP contribution >= 0.6 is 12.6 Å². The Labute approximate surface area is 98.3 Å². The molecule has 1 heterocycles. The van der Waals surface area contributed by atoms with Crippen molar-refractivity contribution in [2.24, 2.45) is 0 Å². The van der Waals surface area contributed by atoms with Crippen LogP contribution < -0.4 is 0 Å². The van der Waals surface area contributed by atoms with E-state index in [4.69, 9.17) is 4.74 Å². The second-order valence-corrected chi connectivity index (χ2v) is 3.69. The van der Waals surface area contributed by atoms with E-state index in [0.29, 0.717) is 5.75 Å². The van der Waals surface area contributed by atoms with Crippen molar-refractivity contribution >= 4 is 30.5 Å². The maximum absolute atomic E-state index is 11.5. The highest BCUT2D eigenvalue weighted by Gasteiger charge is 2.40. The lowest BCUT2D eigenvalue weighted by Crippen LogP contribution is -2.41. The number of methoxy groups -OCH3 is 1. The summed E-state index contributed by atoms with van der Waals surface area (Å²) >= 11 is 3.88. The zero-order chi connectivity index (χ0) is 12.1. The predicted molar refractivity (Wildman–Crippen MR) is 57.3 cm³/mol. The quantitative estimate of drug-likeness (QED) is 0.555. The van der Waals surface area contributed by atoms with E-state index < -0.39 is 18.1 Å². The zero-order valence-corrected chi connectivity index (χ0v) is 9.74. The zero-order valence-electron chi connectivity index (χ0n) is 8.84. The molecule has 0 spiro atoms. The number of hydrogen-bond donors (Lipinski definition) is 1. The molecular weight excluding hydrogens is 234 g/mol. The molecule has 1 amide bonds. The Kier molecular flexibility index (Phi) is 4.60. The molecule has 0 aromatic rings. The Morgan fingerprint density at radius 3 is 2.81 bits per heavy atom. The number of likely N-dealkylation sites (tertiary alicyclic amines) is 1. The largest absolute Gasteiger partial charge is 0.467 e. The topological polar surface area (TPSA) is 72.9 Å². The van der Waals surface area contributed by atoms with Crippen molar-refractivity contribution in [3.63, 3.8) is 0 Å². The van der Waals surface area contributed by atoms with E-state index in [9.17, 15) is 14.4 Å². The van der Waals surface area contributed by atoms with E-state index in [1.54, 1.807) is 0 Å². The number of ketones is 1. The fourth-order valence-corrected chi connectivity index (χ4v) is 1.54. The van der Waals surface area contributed by atoms with E-state index in [2.05, 4.69) is 17.4 Å². The first-order chi connectivity index (χ1) is 7.60. The molecule has 1 saturated heterocycles. The molecule has 0 saturated carbocycles. The van der Waals surface area contributed by atoms with Gasteiger partial charge in [0.05, 0.1) is 13.7 Å². The van der Waals surface area contributed by atoms with Crippen LogP contribution in [-0.4, -0.2) is 54.8 Å². The van der Waals surface area contributed by atoms with Gasteiger partial charge in [0.1, 0.15) is 12.6 Å². The van der Waals surface area contributed by atoms with Crippen LogP contribution in [0.5, 0.6) is 0 Å². The number of hydrogen-bond acceptors (Lipinski definition) is 6. The Balaban J connectivity index is 2.65. The van der Waals surface area contributed by atoms with Crippen molar-refractivity contribution in [1.29, 1.82) is 0 Å². The summed E-state index contributed by atoms with van der Waals surface area (Å²) in [5.41, 5.74) is 0. The summed E-state index contributed by atoms with van der Waals surface area (Å²) in [6.07, 6.45) is -0.696. The number of amides is 1. The van der Waals surface area contributed by atoms with Gasteiger partial charge in [-0.1, -0.05) is 0 Å². The first-order valence-corrected chi connectivity index (χ1v) is 5.37. The minimum absolute atomic E-state index is 0.0113. The Morgan fingerprint density at radius 2 is 2.25 bits per heavy atom. The van der Waals surface area contributed by atoms with Gasteiger partial charge < -0.3 is 9.47 Å². The van der Waals surface area contributed by atoms with Gasteiger partial charge in [0.25, 0.3) is 0 Å². The molecule has 1 aliphatic heterocycles. The minimum Gasteiger partial charge on any atom is -0.467 e. The van der Waals surface area contributed by atoms with Crippen LogP contribution in [0.15, 0.2) is 0 Å². The molecule has 1 aliphatic rings. The second-order valence-electron chi connectivity index (χ2n) is 3.25. The van der Waals surface area contributed by atoms with Crippen molar-refractivity contribution in [2.45, 2.75) is 12.5 Å². The lowest BCUT2D eigenvalue weighted by atomic mass is 10.2. The normalized spacial score (nSPS) is 19.8. The number of nitrogens with zero attached hydrogens (tertiary/aromatic N) is 1. The second kappa shape index (κ2) is 5.74. The minimum atomic E-state index is -0.857. The van der Waals surface area contributed by atoms with E-state index in [1.165, 1.54) is 7.11 Å². The summed E-state index contributed by atoms with van der Waals surface area (Å²) in [6, 6.07) is -0.857. The predicted octanol–water partition coefficient (Wildman–Crippen LogP) is -0.131. The molecule has 7 heteroatoms. The Morgan fingerprint density at radius 1 is 1.56 bits per heavy atom. The summed E-state index contributed by atoms with van der Waals surface area (Å²) in [5.74, 6) is -0.400. The smallest absolute Gasteiger partial charge is 0.410 e. The van der Waals surface area contributed by atoms with Crippen molar-refractivity contribution in [3.05, 3.63) is 0 Å². The summed E-state index contributed by atoms with van der Waals surface area (Å²) in [7, 11) is 1.21. The highest BCUT2D eigenvalue weighted by atomic mass is 32.1. The van der Waals surface area contributed by atoms with E-state index >= 15 is 0 Å². The summed E-state index contributed by atoms with van der Waals surface area (Å²) in [6.45, 7) is 0.0334. The first-order valence-electron chi connectivity index (χ1n) is 4.74. The van der Waals surface area contributed by atoms with Gasteiger partial charge >= 0.3 is 12.1 Å². The average Bonchev–Trinajstić information content (AvgIpc) is 2.67. The van der Waals surface area contributed by atoms with Gasteiger partial charge in [-0.05, 0) is 0 Å². The van der Waals surface area contributed by atoms with Crippen molar-refractivity contribution in [1.82, 2.24) is 4.90 Å². The summed E-state index contributed by atoms with van der Waals surface area (Å²) in [5, 5.41) is 0. The molecule has 1 atom stereocenters. The number of esters is 1. The van der Waals surface area contributed by atoms with Crippen LogP contribution in [0.3, 0.4) is 0 Å². The van der Waals surface area contributed by atoms with Crippen LogP contribution in [-0.2, 0) is 19.1 Å². The van der Waals surface area contributed by atoms with Crippen LogP contribution in [0, 0.1) is 0 Å². The number of thiol groups is 1. The van der Waals surface area contributed by atoms with Crippen LogP contribution in [0.1, 0.15) is 6.42 Å². The molecule has 0 N–H and O–H groups in total. The maximum atomic E-state index is 11.5. The van der Waals surface area contributed by atoms with Crippen molar-refractivity contribution < 1.29 is 23.9 Å². The average molecular weight is 247 g/mol. The maximum Gasteiger partial charge on any atom is 0.410 e. The van der Waals surface area contributed by atoms with Crippen LogP contribution in [0.2, 0.25) is 0 Å². The van der Waals surface area contributed by atoms with Gasteiger partial charge in [-0.15, -0.1) is 0 Å². The summed E-state index contributed by atoms with van der Waals surface area (Å²) in [4.78, 5) is 35.1. The van der Waals surface area contributed by atoms with Crippen LogP contribution in [0.4, 0.5) is 4.79 Å². The monoisotopic (exact) mass is 247 g/mol. The number of carbonyl (C=O) groups excluding carboxylic acids is 3. The lowest BCUT2D eigenvalue weighted by molar-refractivity contribution is -0.145. The number of ether oxygens (including phenoxy) is 2. The Hall–Kier alpha value is -1.24. The molecule has 16 heavy (non-hydrogen) atoms. The molecule has 90 valence electrons. The standard InChI is InChI=1S/C9H13NO5S/c1-14-8(12)7-4-6(11)5-10(7)9(13)15-2-3-16/h7,16H,2-5H2,1H3/t7-/m0/s1. The first kappa shape index (κ1) is 12.8. The van der Waals surface area contributed by atoms with Gasteiger partial charge in [-0.2, -0.15) is 12.6 Å². The SMILES string of the molecule is COC(=O)[C@@H]1CC(=O)CN1C(=O)OCCS. The molecule has 1 fully saturated rings.